The maximum Gasteiger partial charge on any atom is 0.252 e. The predicted octanol–water partition coefficient (Wildman–Crippen LogP) is 21.6. The summed E-state index contributed by atoms with van der Waals surface area (Å²) >= 11 is 0. The molecule has 11 aromatic carbocycles. The van der Waals surface area contributed by atoms with Gasteiger partial charge in [0.1, 0.15) is 0 Å². The Kier molecular flexibility index (Phi) is 12.3. The molecule has 0 radical (unpaired) electrons. The summed E-state index contributed by atoms with van der Waals surface area (Å²) in [5.41, 5.74) is 24.2. The summed E-state index contributed by atoms with van der Waals surface area (Å²) in [5.74, 6) is 0. The summed E-state index contributed by atoms with van der Waals surface area (Å²) in [6.45, 7) is 26.9. The highest BCUT2D eigenvalue weighted by atomic mass is 15.2. The monoisotopic (exact) mass is 1290 g/mol. The van der Waals surface area contributed by atoms with Crippen LogP contribution >= 0.6 is 0 Å². The minimum absolute atomic E-state index is 0.0976. The van der Waals surface area contributed by atoms with Crippen molar-refractivity contribution >= 4 is 106 Å². The second-order valence-electron chi connectivity index (χ2n) is 31.1. The summed E-state index contributed by atoms with van der Waals surface area (Å²) in [6.07, 6.45) is 6.17. The average Bonchev–Trinajstić information content (AvgIpc) is 1.64. The number of rotatable bonds is 8. The van der Waals surface area contributed by atoms with Crippen LogP contribution in [0.25, 0.3) is 88.4 Å². The first-order chi connectivity index (χ1) is 51.0. The van der Waals surface area contributed by atoms with Gasteiger partial charge in [0, 0.05) is 103 Å². The van der Waals surface area contributed by atoms with Gasteiger partial charge in [-0.15, -0.1) is 0 Å². The van der Waals surface area contributed by atoms with Gasteiger partial charge in [-0.1, -0.05) is 271 Å². The molecule has 3 aliphatic heterocycles. The molecule has 14 aromatic rings. The molecule has 0 spiro atoms. The number of anilines is 5. The van der Waals surface area contributed by atoms with Gasteiger partial charge in [-0.05, 0) is 143 Å². The van der Waals surface area contributed by atoms with E-state index in [0.717, 1.165) is 106 Å². The third-order valence-electron chi connectivity index (χ3n) is 20.8. The van der Waals surface area contributed by atoms with Crippen LogP contribution in [0.15, 0.2) is 273 Å². The van der Waals surface area contributed by atoms with Crippen molar-refractivity contribution in [2.45, 2.75) is 105 Å². The largest absolute Gasteiger partial charge is 0.386 e. The fourth-order valence-electron chi connectivity index (χ4n) is 15.6. The molecule has 484 valence electrons. The van der Waals surface area contributed by atoms with Gasteiger partial charge in [0.25, 0.3) is 6.71 Å². The topological polar surface area (TPSA) is 41.3 Å². The number of nitrogens with zero attached hydrogens (tertiary/aromatic N) is 5. The van der Waals surface area contributed by atoms with Crippen molar-refractivity contribution in [1.29, 1.82) is 0 Å². The minimum Gasteiger partial charge on any atom is -0.386 e. The van der Waals surface area contributed by atoms with Crippen LogP contribution in [0.5, 0.6) is 0 Å². The Bertz CT molecular complexity index is 6060. The van der Waals surface area contributed by atoms with Gasteiger partial charge >= 0.3 is 0 Å². The molecule has 99 heavy (non-hydrogen) atoms. The molecular formula is C92H83BN6. The van der Waals surface area contributed by atoms with Crippen molar-refractivity contribution < 1.29 is 11.0 Å². The van der Waals surface area contributed by atoms with Crippen LogP contribution in [0.2, 0.25) is 0 Å². The molecule has 1 N–H and O–H groups in total. The molecule has 6 nitrogen and oxygen atoms in total. The Hall–Kier alpha value is -10.9. The molecule has 0 amide bonds. The van der Waals surface area contributed by atoms with E-state index in [1.807, 2.05) is 70.1 Å². The molecular weight excluding hydrogens is 1200 g/mol. The second-order valence-corrected chi connectivity index (χ2v) is 31.1. The minimum atomic E-state index is -0.478. The van der Waals surface area contributed by atoms with Crippen molar-refractivity contribution in [3.8, 4) is 33.6 Å². The molecule has 0 aliphatic carbocycles. The Labute approximate surface area is 594 Å². The van der Waals surface area contributed by atoms with E-state index < -0.39 is 6.71 Å². The van der Waals surface area contributed by atoms with Gasteiger partial charge in [-0.25, -0.2) is 0 Å². The molecule has 0 fully saturated rings. The molecule has 0 saturated carbocycles. The number of allylic oxidation sites excluding steroid dienone is 1. The van der Waals surface area contributed by atoms with E-state index in [4.69, 9.17) is 7.73 Å². The highest BCUT2D eigenvalue weighted by molar-refractivity contribution is 7.00. The van der Waals surface area contributed by atoms with Crippen molar-refractivity contribution in [1.82, 2.24) is 19.4 Å². The highest BCUT2D eigenvalue weighted by Gasteiger charge is 2.46. The quantitative estimate of drug-likeness (QED) is 0.154. The summed E-state index contributed by atoms with van der Waals surface area (Å²) in [4.78, 5) is 10.1. The second kappa shape index (κ2) is 22.9. The van der Waals surface area contributed by atoms with Gasteiger partial charge in [0.05, 0.1) is 44.4 Å². The number of para-hydroxylation sites is 4. The lowest BCUT2D eigenvalue weighted by Crippen LogP contribution is -2.62. The smallest absolute Gasteiger partial charge is 0.252 e. The van der Waals surface area contributed by atoms with E-state index in [1.165, 1.54) is 22.3 Å². The first-order valence-corrected chi connectivity index (χ1v) is 34.6. The zero-order valence-corrected chi connectivity index (χ0v) is 58.3. The Morgan fingerprint density at radius 1 is 0.394 bits per heavy atom. The first-order valence-electron chi connectivity index (χ1n) is 38.6. The van der Waals surface area contributed by atoms with E-state index in [-0.39, 0.29) is 70.0 Å². The highest BCUT2D eigenvalue weighted by Crippen LogP contribution is 2.52. The first kappa shape index (κ1) is 53.2. The summed E-state index contributed by atoms with van der Waals surface area (Å²) in [5, 5.41) is 6.12. The predicted molar refractivity (Wildman–Crippen MR) is 422 cm³/mol. The number of pyridine rings is 1. The number of hydrogen-bond donors (Lipinski definition) is 1. The number of nitrogens with one attached hydrogen (secondary N) is 1. The van der Waals surface area contributed by atoms with E-state index in [9.17, 15) is 8.22 Å². The van der Waals surface area contributed by atoms with Gasteiger partial charge in [0.2, 0.25) is 0 Å². The molecule has 17 rings (SSSR count). The van der Waals surface area contributed by atoms with Crippen molar-refractivity contribution in [2.75, 3.05) is 16.3 Å². The van der Waals surface area contributed by atoms with Gasteiger partial charge < -0.3 is 24.3 Å². The molecule has 7 heteroatoms. The zero-order chi connectivity index (χ0) is 75.0. The van der Waals surface area contributed by atoms with Crippen molar-refractivity contribution in [2.24, 2.45) is 0 Å². The number of aromatic nitrogens is 3. The Balaban J connectivity index is 1.03. The third kappa shape index (κ3) is 10.2. The lowest BCUT2D eigenvalue weighted by Gasteiger charge is -2.46. The SMILES string of the molecule is [2H]c1c([2H])c([2H])c2c(c1[2H])c1ccccc1n2-c1ccc2c(c1)N(C1=C(c3ccc(C(C)(C)C)cc3)CNC=C1c1ccc(C(C)(C)C)cc1)c1cccc3c1B2c1ccc(-n2c4ccccc4c4c([2H])c([2H])c([2H])c([2H])c42)cc1N3c1c(-c2ccc(C(C)(C)C)cc2)cncc1-c1ccc(C(C)(C)C)cc1. The molecule has 3 aromatic heterocycles. The maximum absolute atomic E-state index is 9.76. The summed E-state index contributed by atoms with van der Waals surface area (Å²) in [7, 11) is 0. The Morgan fingerprint density at radius 3 is 1.27 bits per heavy atom. The number of dihydropyridines is 1. The van der Waals surface area contributed by atoms with Gasteiger partial charge in [-0.2, -0.15) is 0 Å². The molecule has 6 heterocycles. The van der Waals surface area contributed by atoms with Crippen LogP contribution in [0.3, 0.4) is 0 Å². The van der Waals surface area contributed by atoms with Crippen LogP contribution in [0.4, 0.5) is 28.4 Å². The van der Waals surface area contributed by atoms with Crippen molar-refractivity contribution in [3.63, 3.8) is 0 Å². The lowest BCUT2D eigenvalue weighted by molar-refractivity contribution is 0.590. The molecule has 0 bridgehead atoms. The molecule has 3 aliphatic rings. The lowest BCUT2D eigenvalue weighted by atomic mass is 9.33. The fourth-order valence-corrected chi connectivity index (χ4v) is 15.6. The van der Waals surface area contributed by atoms with Crippen LogP contribution in [-0.4, -0.2) is 27.4 Å². The third-order valence-corrected chi connectivity index (χ3v) is 20.8. The number of fused-ring (bicyclic) bond motifs is 10. The van der Waals surface area contributed by atoms with Gasteiger partial charge in [0.15, 0.2) is 0 Å². The van der Waals surface area contributed by atoms with Crippen LogP contribution in [0.1, 0.15) is 127 Å². The zero-order valence-electron chi connectivity index (χ0n) is 66.3. The van der Waals surface area contributed by atoms with Gasteiger partial charge in [-0.3, -0.25) is 4.98 Å². The maximum atomic E-state index is 9.76. The van der Waals surface area contributed by atoms with E-state index in [2.05, 4.69) is 256 Å². The van der Waals surface area contributed by atoms with Crippen LogP contribution < -0.4 is 31.5 Å². The molecule has 0 atom stereocenters. The standard InChI is InChI=1S/C92H83BN6/c1-89(2,3)62-40-32-58(33-41-62)72-54-94-55-73(59-34-42-63(43-35-59)90(4,5)6)87(72)98-82-30-21-31-83-86(82)93(76-50-48-66(52-84(76)98)96-78-26-17-13-22-68(78)69-23-14-18-27-79(69)96)77-51-49-67(97-80-28-19-15-24-70(80)71-25-16-20-29-81(71)97)53-85(77)99(83)88-74(60-36-44-64(45-37-60)91(7,8)9)56-95-57-75(88)61-38-46-65(47-39-61)92(10,11)12/h13-56,95H,57H2,1-12H3/i13D,15D,17D,19D,22D,24D,26D,28D. The van der Waals surface area contributed by atoms with E-state index in [0.29, 0.717) is 50.5 Å². The summed E-state index contributed by atoms with van der Waals surface area (Å²) in [6, 6.07) is 69.8. The summed E-state index contributed by atoms with van der Waals surface area (Å²) < 4.78 is 79.0. The van der Waals surface area contributed by atoms with Crippen LogP contribution in [0, 0.1) is 0 Å². The molecule has 0 saturated heterocycles. The normalized spacial score (nSPS) is 15.2. The van der Waals surface area contributed by atoms with Crippen LogP contribution in [-0.2, 0) is 21.7 Å². The van der Waals surface area contributed by atoms with E-state index in [1.54, 1.807) is 0 Å². The number of benzene rings is 11. The molecule has 0 unspecified atom stereocenters. The van der Waals surface area contributed by atoms with Crippen molar-refractivity contribution in [3.05, 3.63) is 306 Å². The Morgan fingerprint density at radius 2 is 0.808 bits per heavy atom. The van der Waals surface area contributed by atoms with E-state index >= 15 is 0 Å². The number of hydrogen-bond acceptors (Lipinski definition) is 4. The fraction of sp³-hybridized carbons (Fsp3) is 0.185. The average molecular weight is 1290 g/mol.